The number of fused-ring (bicyclic) bond motifs is 9. The molecule has 0 radical (unpaired) electrons. The smallest absolute Gasteiger partial charge is 0.329 e. The number of aryl methyl sites for hydroxylation is 1. The summed E-state index contributed by atoms with van der Waals surface area (Å²) in [6.45, 7) is 4.53. The van der Waals surface area contributed by atoms with Crippen LogP contribution in [0.4, 0.5) is 0 Å². The summed E-state index contributed by atoms with van der Waals surface area (Å²) in [7, 11) is 3.39. The molecule has 7 atom stereocenters. The van der Waals surface area contributed by atoms with Crippen LogP contribution < -0.4 is 24.3 Å². The Kier molecular flexibility index (Phi) is 8.77. The highest BCUT2D eigenvalue weighted by atomic mass is 32.2. The van der Waals surface area contributed by atoms with E-state index >= 15 is 0 Å². The van der Waals surface area contributed by atoms with Gasteiger partial charge in [-0.3, -0.25) is 24.2 Å². The minimum Gasteiger partial charge on any atom is -0.504 e. The molecule has 0 saturated carbocycles. The summed E-state index contributed by atoms with van der Waals surface area (Å²) in [5, 5.41) is 35.2. The Morgan fingerprint density at radius 2 is 1.82 bits per heavy atom. The summed E-state index contributed by atoms with van der Waals surface area (Å²) < 4.78 is 29.5. The predicted octanol–water partition coefficient (Wildman–Crippen LogP) is 2.01. The van der Waals surface area contributed by atoms with E-state index in [4.69, 9.17) is 28.8 Å². The lowest BCUT2D eigenvalue weighted by Crippen LogP contribution is -2.69. The largest absolute Gasteiger partial charge is 0.504 e. The number of esters is 2. The second-order valence-electron chi connectivity index (χ2n) is 13.2. The maximum Gasteiger partial charge on any atom is 0.329 e. The Balaban J connectivity index is 1.45. The number of carboxylic acids is 1. The van der Waals surface area contributed by atoms with Crippen molar-refractivity contribution < 1.29 is 58.2 Å². The molecule has 16 heteroatoms. The zero-order valence-electron chi connectivity index (χ0n) is 28.2. The minimum absolute atomic E-state index is 0.00981. The number of aromatic hydroxyl groups is 1. The molecule has 4 N–H and O–H groups in total. The van der Waals surface area contributed by atoms with Crippen LogP contribution in [0.5, 0.6) is 28.7 Å². The van der Waals surface area contributed by atoms with Gasteiger partial charge in [0.25, 0.3) is 0 Å². The van der Waals surface area contributed by atoms with E-state index in [0.717, 1.165) is 11.1 Å². The molecule has 0 spiro atoms. The maximum absolute atomic E-state index is 13.6. The quantitative estimate of drug-likeness (QED) is 0.251. The molecular formula is C34H39N3O12S. The molecule has 268 valence electrons. The number of aliphatic hydroxyl groups is 1. The number of phenols is 1. The number of rotatable bonds is 6. The van der Waals surface area contributed by atoms with Gasteiger partial charge in [0.2, 0.25) is 12.7 Å². The van der Waals surface area contributed by atoms with Gasteiger partial charge in [-0.25, -0.2) is 4.79 Å². The van der Waals surface area contributed by atoms with Gasteiger partial charge in [0.15, 0.2) is 23.0 Å². The molecule has 2 aromatic carbocycles. The van der Waals surface area contributed by atoms with Crippen LogP contribution in [0.2, 0.25) is 0 Å². The Labute approximate surface area is 291 Å². The Morgan fingerprint density at radius 3 is 2.52 bits per heavy atom. The standard InChI is InChI=1S/C34H39N3O12S/c1-13-8-16-9-18-33(43)37-19-10-46-34(44)17(35-20(39)6-7-21(40)41)11-50-32(26(37)25(36(18)4)22(16)27(42)28(13)45-5)24-23(19)31-30(47-12-48-31)14(2)29(24)49-15(3)38/h8,17-19,25-26,32-33,42-43H,6-7,9-12H2,1-5H3,(H,35,39)(H,40,41)/t17-,18-,19-,25+,26?,32+,33-/m0/s1. The van der Waals surface area contributed by atoms with Crippen molar-refractivity contribution in [1.29, 1.82) is 0 Å². The molecule has 0 aromatic heterocycles. The molecule has 1 amide bonds. The van der Waals surface area contributed by atoms with Gasteiger partial charge in [0.05, 0.1) is 36.9 Å². The van der Waals surface area contributed by atoms with Gasteiger partial charge < -0.3 is 44.3 Å². The molecule has 2 saturated heterocycles. The number of phenolic OH excluding ortho intramolecular Hbond substituents is 1. The number of carboxylic acid groups (broad SMARTS) is 1. The number of ether oxygens (including phenoxy) is 5. The van der Waals surface area contributed by atoms with Gasteiger partial charge in [-0.15, -0.1) is 11.8 Å². The molecule has 4 bridgehead atoms. The van der Waals surface area contributed by atoms with Crippen LogP contribution in [-0.4, -0.2) is 107 Å². The third-order valence-electron chi connectivity index (χ3n) is 10.4. The van der Waals surface area contributed by atoms with E-state index in [1.807, 2.05) is 29.8 Å². The van der Waals surface area contributed by atoms with Crippen LogP contribution in [0.1, 0.15) is 70.5 Å². The normalized spacial score (nSPS) is 28.1. The van der Waals surface area contributed by atoms with Gasteiger partial charge in [-0.05, 0) is 38.4 Å². The second kappa shape index (κ2) is 12.8. The molecule has 7 rings (SSSR count). The van der Waals surface area contributed by atoms with E-state index in [0.29, 0.717) is 45.9 Å². The second-order valence-corrected chi connectivity index (χ2v) is 14.4. The van der Waals surface area contributed by atoms with E-state index in [2.05, 4.69) is 5.32 Å². The fourth-order valence-corrected chi connectivity index (χ4v) is 9.87. The number of thioether (sulfide) groups is 1. The van der Waals surface area contributed by atoms with Crippen molar-refractivity contribution in [3.8, 4) is 28.7 Å². The van der Waals surface area contributed by atoms with Crippen LogP contribution >= 0.6 is 11.8 Å². The Hall–Kier alpha value is -4.25. The van der Waals surface area contributed by atoms with Crippen LogP contribution in [-0.2, 0) is 30.3 Å². The van der Waals surface area contributed by atoms with E-state index in [1.54, 1.807) is 6.92 Å². The molecule has 5 aliphatic rings. The average molecular weight is 714 g/mol. The summed E-state index contributed by atoms with van der Waals surface area (Å²) in [5.41, 5.74) is 3.93. The minimum atomic E-state index is -1.15. The number of amides is 1. The first-order valence-electron chi connectivity index (χ1n) is 16.3. The zero-order chi connectivity index (χ0) is 35.8. The summed E-state index contributed by atoms with van der Waals surface area (Å²) in [6, 6.07) is -1.59. The van der Waals surface area contributed by atoms with E-state index < -0.39 is 71.9 Å². The van der Waals surface area contributed by atoms with Gasteiger partial charge >= 0.3 is 17.9 Å². The number of carbonyl (C=O) groups is 4. The van der Waals surface area contributed by atoms with Crippen molar-refractivity contribution in [1.82, 2.24) is 15.1 Å². The Morgan fingerprint density at radius 1 is 1.08 bits per heavy atom. The maximum atomic E-state index is 13.6. The molecule has 5 heterocycles. The third-order valence-corrected chi connectivity index (χ3v) is 11.8. The zero-order valence-corrected chi connectivity index (χ0v) is 29.0. The van der Waals surface area contributed by atoms with Crippen LogP contribution in [0, 0.1) is 13.8 Å². The number of likely N-dealkylation sites (N-methyl/N-ethyl adjacent to an activating group) is 1. The lowest BCUT2D eigenvalue weighted by molar-refractivity contribution is -0.184. The number of piperazine rings is 1. The SMILES string of the molecule is COc1c(C)cc2c(c1O)[C@@H]1C3[C@@H]4SC[C@H](NC(=O)CCC(=O)O)C(=O)OC[C@@H](c5c6c(c(C)c(OC(C)=O)c54)OCO6)N3[C@@H](O)[C@H](C2)N1C. The number of aliphatic hydroxyl groups excluding tert-OH is 1. The van der Waals surface area contributed by atoms with Crippen LogP contribution in [0.15, 0.2) is 6.07 Å². The number of nitrogens with zero attached hydrogens (tertiary/aromatic N) is 2. The molecule has 0 aliphatic carbocycles. The van der Waals surface area contributed by atoms with Crippen molar-refractivity contribution in [3.63, 3.8) is 0 Å². The van der Waals surface area contributed by atoms with E-state index in [9.17, 15) is 29.4 Å². The monoisotopic (exact) mass is 713 g/mol. The van der Waals surface area contributed by atoms with Crippen LogP contribution in [0.3, 0.4) is 0 Å². The Bertz CT molecular complexity index is 1800. The predicted molar refractivity (Wildman–Crippen MR) is 175 cm³/mol. The van der Waals surface area contributed by atoms with Crippen molar-refractivity contribution in [3.05, 3.63) is 39.4 Å². The van der Waals surface area contributed by atoms with Gasteiger partial charge in [0, 0.05) is 47.4 Å². The number of nitrogens with one attached hydrogen (secondary N) is 1. The highest BCUT2D eigenvalue weighted by Gasteiger charge is 2.60. The number of aliphatic carboxylic acids is 1. The molecule has 5 aliphatic heterocycles. The first-order chi connectivity index (χ1) is 23.8. The molecular weight excluding hydrogens is 674 g/mol. The molecule has 50 heavy (non-hydrogen) atoms. The lowest BCUT2D eigenvalue weighted by Gasteiger charge is -2.62. The number of hydrogen-bond donors (Lipinski definition) is 4. The van der Waals surface area contributed by atoms with Crippen molar-refractivity contribution in [2.75, 3.05) is 33.3 Å². The van der Waals surface area contributed by atoms with Crippen molar-refractivity contribution in [2.45, 2.75) is 81.7 Å². The highest BCUT2D eigenvalue weighted by Crippen LogP contribution is 2.63. The number of methoxy groups -OCH3 is 1. The fourth-order valence-electron chi connectivity index (χ4n) is 8.36. The van der Waals surface area contributed by atoms with Gasteiger partial charge in [-0.2, -0.15) is 0 Å². The van der Waals surface area contributed by atoms with Gasteiger partial charge in [-0.1, -0.05) is 6.07 Å². The summed E-state index contributed by atoms with van der Waals surface area (Å²) in [4.78, 5) is 54.1. The first-order valence-corrected chi connectivity index (χ1v) is 17.4. The summed E-state index contributed by atoms with van der Waals surface area (Å²) in [5.74, 6) is -1.71. The number of carbonyl (C=O) groups excluding carboxylic acids is 3. The molecule has 2 fully saturated rings. The average Bonchev–Trinajstić information content (AvgIpc) is 3.55. The fraction of sp³-hybridized carbons (Fsp3) is 0.529. The molecule has 1 unspecified atom stereocenters. The van der Waals surface area contributed by atoms with Crippen molar-refractivity contribution in [2.24, 2.45) is 0 Å². The van der Waals surface area contributed by atoms with E-state index in [-0.39, 0.29) is 37.1 Å². The first kappa shape index (κ1) is 34.2. The lowest BCUT2D eigenvalue weighted by atomic mass is 9.73. The number of hydrogen-bond acceptors (Lipinski definition) is 14. The van der Waals surface area contributed by atoms with E-state index in [1.165, 1.54) is 25.8 Å². The third kappa shape index (κ3) is 5.31. The topological polar surface area (TPSA) is 194 Å². The summed E-state index contributed by atoms with van der Waals surface area (Å²) in [6.07, 6.45) is -1.41. The molecule has 15 nitrogen and oxygen atoms in total. The number of benzene rings is 2. The summed E-state index contributed by atoms with van der Waals surface area (Å²) >= 11 is 1.29. The highest BCUT2D eigenvalue weighted by molar-refractivity contribution is 7.99. The molecule has 2 aromatic rings. The number of cyclic esters (lactones) is 1. The van der Waals surface area contributed by atoms with Crippen LogP contribution in [0.25, 0.3) is 0 Å². The van der Waals surface area contributed by atoms with Gasteiger partial charge in [0.1, 0.15) is 24.6 Å². The van der Waals surface area contributed by atoms with Crippen molar-refractivity contribution >= 4 is 35.6 Å².